The van der Waals surface area contributed by atoms with Gasteiger partial charge in [0.25, 0.3) is 0 Å². The van der Waals surface area contributed by atoms with Crippen LogP contribution < -0.4 is 0 Å². The highest BCUT2D eigenvalue weighted by atomic mass is 14.3. The fraction of sp³-hybridized carbons (Fsp3) is 0.600. The Labute approximate surface area is 216 Å². The average molecular weight is 471 g/mol. The molecule has 1 atom stereocenters. The maximum absolute atomic E-state index is 2.46. The molecule has 0 heteroatoms. The maximum atomic E-state index is 2.46. The molecule has 0 aliphatic heterocycles. The summed E-state index contributed by atoms with van der Waals surface area (Å²) in [6, 6.07) is 18.9. The predicted octanol–water partition coefficient (Wildman–Crippen LogP) is 11.4. The fourth-order valence-corrected chi connectivity index (χ4v) is 6.40. The minimum atomic E-state index is 0.780. The Morgan fingerprint density at radius 1 is 0.629 bits per heavy atom. The van der Waals surface area contributed by atoms with Gasteiger partial charge >= 0.3 is 0 Å². The lowest BCUT2D eigenvalue weighted by Crippen LogP contribution is -2.13. The molecule has 0 saturated heterocycles. The third-order valence-electron chi connectivity index (χ3n) is 8.96. The van der Waals surface area contributed by atoms with Crippen LogP contribution in [0.3, 0.4) is 0 Å². The Morgan fingerprint density at radius 3 is 1.80 bits per heavy atom. The van der Waals surface area contributed by atoms with Crippen molar-refractivity contribution >= 4 is 5.57 Å². The molecule has 0 amide bonds. The summed E-state index contributed by atoms with van der Waals surface area (Å²) >= 11 is 0. The SMILES string of the molecule is CCCCCCCCCC[C@H]1CC[C@H](c2ccc(-c3ccc(C4=CCC(C)CC4)cc3)cc2)CC1. The summed E-state index contributed by atoms with van der Waals surface area (Å²) in [6.45, 7) is 4.67. The second kappa shape index (κ2) is 14.1. The predicted molar refractivity (Wildman–Crippen MR) is 155 cm³/mol. The molecule has 4 rings (SSSR count). The molecule has 190 valence electrons. The van der Waals surface area contributed by atoms with Crippen molar-refractivity contribution < 1.29 is 0 Å². The van der Waals surface area contributed by atoms with Crippen molar-refractivity contribution in [2.75, 3.05) is 0 Å². The van der Waals surface area contributed by atoms with Gasteiger partial charge in [-0.3, -0.25) is 0 Å². The highest BCUT2D eigenvalue weighted by Gasteiger charge is 2.22. The summed E-state index contributed by atoms with van der Waals surface area (Å²) in [5.41, 5.74) is 7.23. The second-order valence-corrected chi connectivity index (χ2v) is 11.8. The van der Waals surface area contributed by atoms with Gasteiger partial charge in [-0.2, -0.15) is 0 Å². The first-order valence-electron chi connectivity index (χ1n) is 15.1. The number of hydrogen-bond donors (Lipinski definition) is 0. The van der Waals surface area contributed by atoms with Crippen LogP contribution >= 0.6 is 0 Å². The van der Waals surface area contributed by atoms with E-state index in [-0.39, 0.29) is 0 Å². The van der Waals surface area contributed by atoms with Crippen LogP contribution in [0, 0.1) is 11.8 Å². The van der Waals surface area contributed by atoms with Crippen molar-refractivity contribution in [3.63, 3.8) is 0 Å². The van der Waals surface area contributed by atoms with Crippen molar-refractivity contribution in [2.45, 2.75) is 122 Å². The number of benzene rings is 2. The Morgan fingerprint density at radius 2 is 1.20 bits per heavy atom. The molecule has 0 bridgehead atoms. The van der Waals surface area contributed by atoms with Crippen molar-refractivity contribution in [3.05, 3.63) is 65.7 Å². The van der Waals surface area contributed by atoms with E-state index < -0.39 is 0 Å². The molecule has 0 radical (unpaired) electrons. The van der Waals surface area contributed by atoms with Crippen molar-refractivity contribution in [1.82, 2.24) is 0 Å². The Bertz CT molecular complexity index is 877. The van der Waals surface area contributed by atoms with Gasteiger partial charge < -0.3 is 0 Å². The normalized spacial score (nSPS) is 22.7. The number of unbranched alkanes of at least 4 members (excludes halogenated alkanes) is 7. The van der Waals surface area contributed by atoms with E-state index in [0.29, 0.717) is 0 Å². The van der Waals surface area contributed by atoms with Gasteiger partial charge in [0.1, 0.15) is 0 Å². The molecule has 0 N–H and O–H groups in total. The van der Waals surface area contributed by atoms with Gasteiger partial charge in [-0.1, -0.05) is 126 Å². The van der Waals surface area contributed by atoms with Crippen LogP contribution in [-0.4, -0.2) is 0 Å². The zero-order valence-corrected chi connectivity index (χ0v) is 22.7. The van der Waals surface area contributed by atoms with Crippen molar-refractivity contribution in [2.24, 2.45) is 11.8 Å². The van der Waals surface area contributed by atoms with E-state index in [1.807, 2.05) is 0 Å². The van der Waals surface area contributed by atoms with Gasteiger partial charge in [0, 0.05) is 0 Å². The maximum Gasteiger partial charge on any atom is -0.0162 e. The van der Waals surface area contributed by atoms with Crippen LogP contribution in [0.1, 0.15) is 134 Å². The van der Waals surface area contributed by atoms with Crippen LogP contribution in [0.25, 0.3) is 16.7 Å². The van der Waals surface area contributed by atoms with E-state index in [0.717, 1.165) is 17.8 Å². The van der Waals surface area contributed by atoms with E-state index in [4.69, 9.17) is 0 Å². The number of allylic oxidation sites excluding steroid dienone is 2. The lowest BCUT2D eigenvalue weighted by atomic mass is 9.77. The Balaban J connectivity index is 1.18. The summed E-state index contributed by atoms with van der Waals surface area (Å²) in [5.74, 6) is 2.62. The monoisotopic (exact) mass is 470 g/mol. The molecule has 2 aromatic rings. The summed E-state index contributed by atoms with van der Waals surface area (Å²) in [7, 11) is 0. The molecule has 1 fully saturated rings. The van der Waals surface area contributed by atoms with Crippen LogP contribution in [0.5, 0.6) is 0 Å². The average Bonchev–Trinajstić information content (AvgIpc) is 2.91. The molecule has 0 nitrogen and oxygen atoms in total. The lowest BCUT2D eigenvalue weighted by Gasteiger charge is -2.29. The zero-order valence-electron chi connectivity index (χ0n) is 22.7. The summed E-state index contributed by atoms with van der Waals surface area (Å²) < 4.78 is 0. The largest absolute Gasteiger partial charge is 0.0805 e. The standard InChI is InChI=1S/C35H50/c1-3-4-5-6-7-8-9-10-11-29-14-18-31(19-15-29)33-22-26-35(27-23-33)34-24-20-32(21-25-34)30-16-12-28(2)13-17-30/h16,20-29,31H,3-15,17-19H2,1-2H3/t28?,29-,31-. The topological polar surface area (TPSA) is 0 Å². The van der Waals surface area contributed by atoms with E-state index >= 15 is 0 Å². The Kier molecular flexibility index (Phi) is 10.5. The van der Waals surface area contributed by atoms with Crippen molar-refractivity contribution in [1.29, 1.82) is 0 Å². The molecule has 2 aliphatic carbocycles. The van der Waals surface area contributed by atoms with Crippen LogP contribution in [-0.2, 0) is 0 Å². The van der Waals surface area contributed by atoms with Gasteiger partial charge in [0.15, 0.2) is 0 Å². The molecule has 0 spiro atoms. The van der Waals surface area contributed by atoms with Crippen molar-refractivity contribution in [3.8, 4) is 11.1 Å². The first-order valence-corrected chi connectivity index (χ1v) is 15.1. The van der Waals surface area contributed by atoms with E-state index in [2.05, 4.69) is 68.5 Å². The fourth-order valence-electron chi connectivity index (χ4n) is 6.40. The smallest absolute Gasteiger partial charge is 0.0162 e. The number of rotatable bonds is 12. The molecule has 1 saturated carbocycles. The van der Waals surface area contributed by atoms with Crippen LogP contribution in [0.2, 0.25) is 0 Å². The first-order chi connectivity index (χ1) is 17.2. The minimum Gasteiger partial charge on any atom is -0.0805 e. The van der Waals surface area contributed by atoms with Crippen LogP contribution in [0.15, 0.2) is 54.6 Å². The summed E-state index contributed by atoms with van der Waals surface area (Å²) in [5, 5.41) is 0. The van der Waals surface area contributed by atoms with E-state index in [1.54, 1.807) is 11.1 Å². The van der Waals surface area contributed by atoms with Gasteiger partial charge in [0.2, 0.25) is 0 Å². The second-order valence-electron chi connectivity index (χ2n) is 11.8. The van der Waals surface area contributed by atoms with Gasteiger partial charge in [-0.25, -0.2) is 0 Å². The summed E-state index contributed by atoms with van der Waals surface area (Å²) in [6.07, 6.45) is 25.0. The lowest BCUT2D eigenvalue weighted by molar-refractivity contribution is 0.302. The zero-order chi connectivity index (χ0) is 24.3. The molecule has 0 heterocycles. The highest BCUT2D eigenvalue weighted by Crippen LogP contribution is 2.38. The highest BCUT2D eigenvalue weighted by molar-refractivity contribution is 5.71. The molecule has 0 aromatic heterocycles. The third kappa shape index (κ3) is 8.09. The van der Waals surface area contributed by atoms with E-state index in [9.17, 15) is 0 Å². The van der Waals surface area contributed by atoms with E-state index in [1.165, 1.54) is 119 Å². The Hall–Kier alpha value is -1.82. The number of hydrogen-bond acceptors (Lipinski definition) is 0. The van der Waals surface area contributed by atoms with Gasteiger partial charge in [0.05, 0.1) is 0 Å². The van der Waals surface area contributed by atoms with Gasteiger partial charge in [-0.15, -0.1) is 0 Å². The first kappa shape index (κ1) is 26.2. The molecular weight excluding hydrogens is 420 g/mol. The minimum absolute atomic E-state index is 0.780. The molecule has 35 heavy (non-hydrogen) atoms. The molecular formula is C35H50. The molecule has 2 aliphatic rings. The quantitative estimate of drug-likeness (QED) is 0.270. The summed E-state index contributed by atoms with van der Waals surface area (Å²) in [4.78, 5) is 0. The molecule has 1 unspecified atom stereocenters. The third-order valence-corrected chi connectivity index (χ3v) is 8.96. The molecule has 2 aromatic carbocycles. The van der Waals surface area contributed by atoms with Crippen LogP contribution in [0.4, 0.5) is 0 Å². The van der Waals surface area contributed by atoms with Gasteiger partial charge in [-0.05, 0) is 90.5 Å².